The van der Waals surface area contributed by atoms with E-state index in [2.05, 4.69) is 24.7 Å². The fourth-order valence-electron chi connectivity index (χ4n) is 4.42. The van der Waals surface area contributed by atoms with Crippen LogP contribution >= 0.6 is 0 Å². The van der Waals surface area contributed by atoms with E-state index in [0.29, 0.717) is 6.10 Å². The van der Waals surface area contributed by atoms with Crippen molar-refractivity contribution in [3.8, 4) is 0 Å². The molecule has 0 aliphatic carbocycles. The molecule has 0 spiro atoms. The highest BCUT2D eigenvalue weighted by Gasteiger charge is 2.23. The number of piperidine rings is 1. The minimum atomic E-state index is 0.337. The van der Waals surface area contributed by atoms with Crippen molar-refractivity contribution in [1.29, 1.82) is 0 Å². The lowest BCUT2D eigenvalue weighted by atomic mass is 10.1. The predicted molar refractivity (Wildman–Crippen MR) is 103 cm³/mol. The number of rotatable bonds is 5. The van der Waals surface area contributed by atoms with E-state index < -0.39 is 0 Å². The van der Waals surface area contributed by atoms with Gasteiger partial charge in [-0.3, -0.25) is 4.90 Å². The standard InChI is InChI=1S/C20H33N5O/c1-2-10-25(11-3-1)20-21-13-18(14-22-20)15-24-9-6-12-26-19(17-24)16-23-7-4-5-8-23/h13-14,19H,1-12,15-17H2/t19-/m0/s1. The van der Waals surface area contributed by atoms with Crippen LogP contribution in [-0.4, -0.2) is 78.3 Å². The molecule has 4 heterocycles. The molecule has 0 unspecified atom stereocenters. The van der Waals surface area contributed by atoms with Gasteiger partial charge in [-0.25, -0.2) is 9.97 Å². The Balaban J connectivity index is 1.31. The van der Waals surface area contributed by atoms with E-state index in [1.807, 2.05) is 12.4 Å². The molecule has 1 aromatic rings. The third-order valence-corrected chi connectivity index (χ3v) is 5.83. The zero-order valence-electron chi connectivity index (χ0n) is 16.0. The molecule has 3 fully saturated rings. The lowest BCUT2D eigenvalue weighted by Gasteiger charge is -2.27. The summed E-state index contributed by atoms with van der Waals surface area (Å²) in [4.78, 5) is 16.7. The summed E-state index contributed by atoms with van der Waals surface area (Å²) in [6, 6.07) is 0. The summed E-state index contributed by atoms with van der Waals surface area (Å²) in [6.45, 7) is 9.70. The van der Waals surface area contributed by atoms with E-state index >= 15 is 0 Å². The maximum atomic E-state index is 6.11. The Labute approximate surface area is 157 Å². The second kappa shape index (κ2) is 9.11. The summed E-state index contributed by atoms with van der Waals surface area (Å²) in [5.74, 6) is 0.902. The van der Waals surface area contributed by atoms with Gasteiger partial charge in [-0.2, -0.15) is 0 Å². The summed E-state index contributed by atoms with van der Waals surface area (Å²) < 4.78 is 6.11. The van der Waals surface area contributed by atoms with Crippen LogP contribution in [0.4, 0.5) is 5.95 Å². The zero-order chi connectivity index (χ0) is 17.6. The molecule has 1 atom stereocenters. The van der Waals surface area contributed by atoms with Crippen molar-refractivity contribution in [3.05, 3.63) is 18.0 Å². The Morgan fingerprint density at radius 1 is 0.846 bits per heavy atom. The molecule has 26 heavy (non-hydrogen) atoms. The molecule has 0 saturated carbocycles. The molecule has 0 N–H and O–H groups in total. The number of hydrogen-bond acceptors (Lipinski definition) is 6. The van der Waals surface area contributed by atoms with Crippen molar-refractivity contribution < 1.29 is 4.74 Å². The van der Waals surface area contributed by atoms with Gasteiger partial charge < -0.3 is 14.5 Å². The lowest BCUT2D eigenvalue weighted by molar-refractivity contribution is 0.0307. The van der Waals surface area contributed by atoms with Crippen LogP contribution in [0.3, 0.4) is 0 Å². The fourth-order valence-corrected chi connectivity index (χ4v) is 4.42. The summed E-state index contributed by atoms with van der Waals surface area (Å²) >= 11 is 0. The van der Waals surface area contributed by atoms with Crippen molar-refractivity contribution in [2.45, 2.75) is 51.2 Å². The highest BCUT2D eigenvalue weighted by Crippen LogP contribution is 2.17. The molecule has 1 aromatic heterocycles. The Kier molecular flexibility index (Phi) is 6.35. The Morgan fingerprint density at radius 2 is 1.54 bits per heavy atom. The van der Waals surface area contributed by atoms with Crippen LogP contribution in [-0.2, 0) is 11.3 Å². The minimum Gasteiger partial charge on any atom is -0.376 e. The van der Waals surface area contributed by atoms with Gasteiger partial charge in [0.25, 0.3) is 0 Å². The van der Waals surface area contributed by atoms with Crippen molar-refractivity contribution in [2.24, 2.45) is 0 Å². The van der Waals surface area contributed by atoms with Crippen LogP contribution in [0.15, 0.2) is 12.4 Å². The van der Waals surface area contributed by atoms with Gasteiger partial charge in [-0.1, -0.05) is 0 Å². The average molecular weight is 360 g/mol. The molecule has 3 aliphatic heterocycles. The Morgan fingerprint density at radius 3 is 2.31 bits per heavy atom. The number of aromatic nitrogens is 2. The molecule has 0 aromatic carbocycles. The third kappa shape index (κ3) is 4.93. The van der Waals surface area contributed by atoms with E-state index in [9.17, 15) is 0 Å². The number of nitrogens with zero attached hydrogens (tertiary/aromatic N) is 5. The molecule has 0 bridgehead atoms. The van der Waals surface area contributed by atoms with Crippen LogP contribution in [0.2, 0.25) is 0 Å². The minimum absolute atomic E-state index is 0.337. The summed E-state index contributed by atoms with van der Waals surface area (Å²) in [5, 5.41) is 0. The van der Waals surface area contributed by atoms with Gasteiger partial charge in [0.15, 0.2) is 0 Å². The van der Waals surface area contributed by atoms with E-state index in [1.165, 1.54) is 50.8 Å². The normalized spacial score (nSPS) is 26.2. The molecule has 3 aliphatic rings. The van der Waals surface area contributed by atoms with Gasteiger partial charge in [-0.05, 0) is 51.6 Å². The quantitative estimate of drug-likeness (QED) is 0.803. The van der Waals surface area contributed by atoms with Gasteiger partial charge in [-0.15, -0.1) is 0 Å². The molecular formula is C20H33N5O. The largest absolute Gasteiger partial charge is 0.376 e. The van der Waals surface area contributed by atoms with E-state index in [-0.39, 0.29) is 0 Å². The highest BCUT2D eigenvalue weighted by molar-refractivity contribution is 5.30. The van der Waals surface area contributed by atoms with Gasteiger partial charge in [0.05, 0.1) is 6.10 Å². The number of ether oxygens (including phenoxy) is 1. The highest BCUT2D eigenvalue weighted by atomic mass is 16.5. The SMILES string of the molecule is c1nc(N2CCCCC2)ncc1CN1CCCO[C@@H](CN2CCCC2)C1. The maximum Gasteiger partial charge on any atom is 0.225 e. The number of anilines is 1. The van der Waals surface area contributed by atoms with E-state index in [4.69, 9.17) is 4.74 Å². The smallest absolute Gasteiger partial charge is 0.225 e. The Bertz CT molecular complexity index is 540. The molecule has 0 amide bonds. The van der Waals surface area contributed by atoms with Crippen molar-refractivity contribution in [3.63, 3.8) is 0 Å². The first-order valence-corrected chi connectivity index (χ1v) is 10.5. The van der Waals surface area contributed by atoms with Crippen LogP contribution in [0.25, 0.3) is 0 Å². The van der Waals surface area contributed by atoms with Crippen molar-refractivity contribution in [2.75, 3.05) is 57.3 Å². The van der Waals surface area contributed by atoms with Crippen LogP contribution < -0.4 is 4.90 Å². The van der Waals surface area contributed by atoms with Gasteiger partial charge >= 0.3 is 0 Å². The van der Waals surface area contributed by atoms with Gasteiger partial charge in [0.1, 0.15) is 0 Å². The average Bonchev–Trinajstić information content (AvgIpc) is 3.09. The second-order valence-corrected chi connectivity index (χ2v) is 8.03. The Hall–Kier alpha value is -1.24. The predicted octanol–water partition coefficient (Wildman–Crippen LogP) is 2.15. The monoisotopic (exact) mass is 359 g/mol. The number of hydrogen-bond donors (Lipinski definition) is 0. The topological polar surface area (TPSA) is 44.7 Å². The number of likely N-dealkylation sites (tertiary alicyclic amines) is 1. The van der Waals surface area contributed by atoms with E-state index in [1.54, 1.807) is 0 Å². The van der Waals surface area contributed by atoms with Gasteiger partial charge in [0.2, 0.25) is 5.95 Å². The lowest BCUT2D eigenvalue weighted by Crippen LogP contribution is -2.39. The second-order valence-electron chi connectivity index (χ2n) is 8.03. The van der Waals surface area contributed by atoms with Crippen molar-refractivity contribution in [1.82, 2.24) is 19.8 Å². The van der Waals surface area contributed by atoms with Crippen molar-refractivity contribution >= 4 is 5.95 Å². The molecule has 6 heteroatoms. The molecule has 144 valence electrons. The summed E-state index contributed by atoms with van der Waals surface area (Å²) in [6.07, 6.45) is 12.1. The molecule has 4 rings (SSSR count). The van der Waals surface area contributed by atoms with Crippen LogP contribution in [0.5, 0.6) is 0 Å². The first-order valence-electron chi connectivity index (χ1n) is 10.5. The van der Waals surface area contributed by atoms with Crippen LogP contribution in [0, 0.1) is 0 Å². The van der Waals surface area contributed by atoms with E-state index in [0.717, 1.165) is 58.2 Å². The summed E-state index contributed by atoms with van der Waals surface area (Å²) in [7, 11) is 0. The van der Waals surface area contributed by atoms with Gasteiger partial charge in [0, 0.05) is 63.8 Å². The zero-order valence-corrected chi connectivity index (χ0v) is 16.0. The first-order chi connectivity index (χ1) is 12.9. The first kappa shape index (κ1) is 18.1. The maximum absolute atomic E-state index is 6.11. The van der Waals surface area contributed by atoms with Crippen LogP contribution in [0.1, 0.15) is 44.1 Å². The third-order valence-electron chi connectivity index (χ3n) is 5.83. The summed E-state index contributed by atoms with van der Waals surface area (Å²) in [5.41, 5.74) is 1.22. The fraction of sp³-hybridized carbons (Fsp3) is 0.800. The molecule has 0 radical (unpaired) electrons. The molecule has 6 nitrogen and oxygen atoms in total. The molecule has 3 saturated heterocycles. The molecular weight excluding hydrogens is 326 g/mol.